The van der Waals surface area contributed by atoms with Gasteiger partial charge in [-0.05, 0) is 35.2 Å². The lowest BCUT2D eigenvalue weighted by Crippen LogP contribution is -2.40. The molecule has 180 valence electrons. The van der Waals surface area contributed by atoms with Crippen molar-refractivity contribution in [1.82, 2.24) is 9.79 Å². The maximum absolute atomic E-state index is 13.2. The molecule has 1 aliphatic rings. The quantitative estimate of drug-likeness (QED) is 0.475. The smallest absolute Gasteiger partial charge is 0.218 e. The summed E-state index contributed by atoms with van der Waals surface area (Å²) >= 11 is 0. The van der Waals surface area contributed by atoms with Crippen molar-refractivity contribution in [3.05, 3.63) is 95.6 Å². The van der Waals surface area contributed by atoms with Gasteiger partial charge < -0.3 is 9.47 Å². The summed E-state index contributed by atoms with van der Waals surface area (Å²) in [6.45, 7) is 0.816. The zero-order chi connectivity index (χ0) is 24.0. The highest BCUT2D eigenvalue weighted by atomic mass is 32.2. The summed E-state index contributed by atoms with van der Waals surface area (Å²) in [5.74, 6) is 1.14. The number of hydrogen-bond donors (Lipinski definition) is 1. The standard InChI is InChI=1S/C26H30N2O5S/c1-28-26(25(19-33-28)34(29,30)27-16-15-20-9-5-3-6-10-20)22-13-14-23(24(17-22)31-2)32-18-21-11-7-4-8-12-21/h3-14,17,25-27H,15-16,18-19H2,1-2H3. The van der Waals surface area contributed by atoms with Crippen LogP contribution in [0.15, 0.2) is 78.9 Å². The summed E-state index contributed by atoms with van der Waals surface area (Å²) in [7, 11) is -0.306. The molecule has 0 amide bonds. The third-order valence-electron chi connectivity index (χ3n) is 5.91. The van der Waals surface area contributed by atoms with Gasteiger partial charge in [0.1, 0.15) is 11.9 Å². The molecule has 0 saturated carbocycles. The summed E-state index contributed by atoms with van der Waals surface area (Å²) in [6, 6.07) is 24.7. The molecule has 1 aliphatic heterocycles. The molecule has 4 rings (SSSR count). The minimum atomic E-state index is -3.63. The van der Waals surface area contributed by atoms with Crippen molar-refractivity contribution in [2.24, 2.45) is 0 Å². The average molecular weight is 483 g/mol. The van der Waals surface area contributed by atoms with Crippen molar-refractivity contribution in [3.63, 3.8) is 0 Å². The van der Waals surface area contributed by atoms with Crippen LogP contribution in [-0.2, 0) is 27.9 Å². The molecule has 0 radical (unpaired) electrons. The first-order valence-electron chi connectivity index (χ1n) is 11.2. The molecule has 1 heterocycles. The Labute approximate surface area is 201 Å². The monoisotopic (exact) mass is 482 g/mol. The second kappa shape index (κ2) is 11.0. The van der Waals surface area contributed by atoms with Crippen LogP contribution in [-0.4, -0.2) is 46.0 Å². The molecule has 0 bridgehead atoms. The Bertz CT molecular complexity index is 1170. The fourth-order valence-electron chi connectivity index (χ4n) is 4.09. The zero-order valence-corrected chi connectivity index (χ0v) is 20.2. The fraction of sp³-hybridized carbons (Fsp3) is 0.308. The van der Waals surface area contributed by atoms with Crippen molar-refractivity contribution >= 4 is 10.0 Å². The highest BCUT2D eigenvalue weighted by Crippen LogP contribution is 2.38. The number of rotatable bonds is 10. The molecule has 7 nitrogen and oxygen atoms in total. The predicted molar refractivity (Wildman–Crippen MR) is 131 cm³/mol. The van der Waals surface area contributed by atoms with Crippen LogP contribution >= 0.6 is 0 Å². The minimum absolute atomic E-state index is 0.0798. The Hall–Kier alpha value is -2.91. The number of hydroxylamine groups is 2. The molecule has 0 aromatic heterocycles. The van der Waals surface area contributed by atoms with Crippen molar-refractivity contribution in [3.8, 4) is 11.5 Å². The lowest BCUT2D eigenvalue weighted by Gasteiger charge is -2.24. The molecule has 0 spiro atoms. The third-order valence-corrected chi connectivity index (χ3v) is 7.71. The van der Waals surface area contributed by atoms with Crippen LogP contribution < -0.4 is 14.2 Å². The number of benzene rings is 3. The minimum Gasteiger partial charge on any atom is -0.493 e. The van der Waals surface area contributed by atoms with Gasteiger partial charge >= 0.3 is 0 Å². The first kappa shape index (κ1) is 24.2. The van der Waals surface area contributed by atoms with Gasteiger partial charge in [0, 0.05) is 13.6 Å². The molecule has 2 unspecified atom stereocenters. The number of nitrogens with one attached hydrogen (secondary N) is 1. The van der Waals surface area contributed by atoms with E-state index in [4.69, 9.17) is 14.3 Å². The highest BCUT2D eigenvalue weighted by Gasteiger charge is 2.43. The van der Waals surface area contributed by atoms with E-state index >= 15 is 0 Å². The summed E-state index contributed by atoms with van der Waals surface area (Å²) in [5.41, 5.74) is 2.91. The van der Waals surface area contributed by atoms with E-state index in [-0.39, 0.29) is 6.61 Å². The lowest BCUT2D eigenvalue weighted by molar-refractivity contribution is -0.110. The number of hydrogen-bond acceptors (Lipinski definition) is 6. The van der Waals surface area contributed by atoms with Gasteiger partial charge in [-0.1, -0.05) is 66.7 Å². The summed E-state index contributed by atoms with van der Waals surface area (Å²) in [5, 5.41) is 0.842. The van der Waals surface area contributed by atoms with E-state index in [2.05, 4.69) is 4.72 Å². The van der Waals surface area contributed by atoms with Gasteiger partial charge in [-0.2, -0.15) is 5.06 Å². The normalized spacial score (nSPS) is 18.6. The molecular formula is C26H30N2O5S. The van der Waals surface area contributed by atoms with Crippen LogP contribution in [0.2, 0.25) is 0 Å². The van der Waals surface area contributed by atoms with Crippen LogP contribution in [0, 0.1) is 0 Å². The largest absolute Gasteiger partial charge is 0.493 e. The van der Waals surface area contributed by atoms with Crippen LogP contribution in [0.25, 0.3) is 0 Å². The van der Waals surface area contributed by atoms with Gasteiger partial charge in [-0.3, -0.25) is 4.84 Å². The topological polar surface area (TPSA) is 77.1 Å². The van der Waals surface area contributed by atoms with E-state index in [9.17, 15) is 8.42 Å². The average Bonchev–Trinajstić information content (AvgIpc) is 3.26. The van der Waals surface area contributed by atoms with Crippen molar-refractivity contribution in [1.29, 1.82) is 0 Å². The zero-order valence-electron chi connectivity index (χ0n) is 19.4. The number of nitrogens with zero attached hydrogens (tertiary/aromatic N) is 1. The lowest BCUT2D eigenvalue weighted by atomic mass is 10.0. The number of sulfonamides is 1. The molecule has 1 N–H and O–H groups in total. The van der Waals surface area contributed by atoms with E-state index < -0.39 is 21.3 Å². The Morgan fingerprint density at radius 1 is 0.971 bits per heavy atom. The summed E-state index contributed by atoms with van der Waals surface area (Å²) in [6.07, 6.45) is 0.620. The SMILES string of the molecule is COc1cc(C2C(S(=O)(=O)NCCc3ccccc3)CON2C)ccc1OCc1ccccc1. The summed E-state index contributed by atoms with van der Waals surface area (Å²) in [4.78, 5) is 5.63. The predicted octanol–water partition coefficient (Wildman–Crippen LogP) is 3.72. The van der Waals surface area contributed by atoms with Crippen LogP contribution in [0.1, 0.15) is 22.7 Å². The molecule has 3 aromatic carbocycles. The van der Waals surface area contributed by atoms with E-state index in [0.717, 1.165) is 16.7 Å². The van der Waals surface area contributed by atoms with Crippen LogP contribution in [0.3, 0.4) is 0 Å². The number of methoxy groups -OCH3 is 1. The Kier molecular flexibility index (Phi) is 7.84. The maximum Gasteiger partial charge on any atom is 0.218 e. The molecule has 0 aliphatic carbocycles. The second-order valence-electron chi connectivity index (χ2n) is 8.18. The molecule has 1 saturated heterocycles. The first-order valence-corrected chi connectivity index (χ1v) is 12.8. The van der Waals surface area contributed by atoms with Crippen LogP contribution in [0.5, 0.6) is 11.5 Å². The van der Waals surface area contributed by atoms with Gasteiger partial charge in [0.25, 0.3) is 0 Å². The maximum atomic E-state index is 13.2. The molecule has 34 heavy (non-hydrogen) atoms. The Morgan fingerprint density at radius 3 is 2.32 bits per heavy atom. The third kappa shape index (κ3) is 5.77. The highest BCUT2D eigenvalue weighted by molar-refractivity contribution is 7.90. The van der Waals surface area contributed by atoms with E-state index in [1.165, 1.54) is 0 Å². The van der Waals surface area contributed by atoms with Crippen LogP contribution in [0.4, 0.5) is 0 Å². The second-order valence-corrected chi connectivity index (χ2v) is 10.2. The van der Waals surface area contributed by atoms with Crippen molar-refractivity contribution < 1.29 is 22.7 Å². The molecule has 1 fully saturated rings. The van der Waals surface area contributed by atoms with Gasteiger partial charge in [-0.15, -0.1) is 0 Å². The van der Waals surface area contributed by atoms with Crippen molar-refractivity contribution in [2.75, 3.05) is 27.3 Å². The van der Waals surface area contributed by atoms with E-state index in [1.807, 2.05) is 78.9 Å². The van der Waals surface area contributed by atoms with Gasteiger partial charge in [0.05, 0.1) is 19.8 Å². The molecule has 8 heteroatoms. The Balaban J connectivity index is 1.47. The van der Waals surface area contributed by atoms with E-state index in [1.54, 1.807) is 19.2 Å². The van der Waals surface area contributed by atoms with Gasteiger partial charge in [0.15, 0.2) is 11.5 Å². The molecule has 3 aromatic rings. The summed E-state index contributed by atoms with van der Waals surface area (Å²) < 4.78 is 40.6. The Morgan fingerprint density at radius 2 is 1.65 bits per heavy atom. The number of ether oxygens (including phenoxy) is 2. The van der Waals surface area contributed by atoms with E-state index in [0.29, 0.717) is 31.1 Å². The first-order chi connectivity index (χ1) is 16.5. The molecule has 2 atom stereocenters. The fourth-order valence-corrected chi connectivity index (χ4v) is 5.60. The molecular weight excluding hydrogens is 452 g/mol. The van der Waals surface area contributed by atoms with Crippen molar-refractivity contribution in [2.45, 2.75) is 24.3 Å². The van der Waals surface area contributed by atoms with Gasteiger partial charge in [-0.25, -0.2) is 13.1 Å². The van der Waals surface area contributed by atoms with Gasteiger partial charge in [0.2, 0.25) is 10.0 Å².